The molecule has 1 aromatic heterocycles. The van der Waals surface area contributed by atoms with Crippen molar-refractivity contribution in [3.63, 3.8) is 0 Å². The van der Waals surface area contributed by atoms with E-state index in [-0.39, 0.29) is 15.9 Å². The molecule has 0 aliphatic rings. The maximum Gasteiger partial charge on any atom is 0.414 e. The smallest absolute Gasteiger partial charge is 0.267 e. The number of nitrogens with zero attached hydrogens (tertiary/aromatic N) is 1. The third kappa shape index (κ3) is 5.20. The quantitative estimate of drug-likeness (QED) is 0.687. The first kappa shape index (κ1) is 14.0. The number of aromatic nitrogens is 1. The van der Waals surface area contributed by atoms with Crippen LogP contribution in [-0.4, -0.2) is 23.7 Å². The van der Waals surface area contributed by atoms with Crippen LogP contribution in [0, 0.1) is 0 Å². The van der Waals surface area contributed by atoms with Gasteiger partial charge in [0.15, 0.2) is 6.61 Å². The molecule has 0 aromatic carbocycles. The highest BCUT2D eigenvalue weighted by molar-refractivity contribution is 6.33. The monoisotopic (exact) mass is 288 g/mol. The van der Waals surface area contributed by atoms with E-state index < -0.39 is 18.7 Å². The molecule has 17 heavy (non-hydrogen) atoms. The number of alkyl halides is 3. The molecule has 94 valence electrons. The molecule has 1 amide bonds. The molecule has 0 saturated heterocycles. The molecule has 0 atom stereocenters. The lowest BCUT2D eigenvalue weighted by atomic mass is 10.2. The first-order valence-corrected chi connectivity index (χ1v) is 4.85. The highest BCUT2D eigenvalue weighted by atomic mass is 35.5. The van der Waals surface area contributed by atoms with Gasteiger partial charge < -0.3 is 0 Å². The molecule has 4 nitrogen and oxygen atoms in total. The summed E-state index contributed by atoms with van der Waals surface area (Å²) in [6.45, 7) is -1.59. The van der Waals surface area contributed by atoms with Crippen LogP contribution in [0.25, 0.3) is 0 Å². The van der Waals surface area contributed by atoms with Crippen molar-refractivity contribution in [2.45, 2.75) is 6.18 Å². The molecule has 0 aliphatic heterocycles. The highest BCUT2D eigenvalue weighted by Gasteiger charge is 2.28. The Morgan fingerprint density at radius 3 is 2.35 bits per heavy atom. The SMILES string of the molecule is O=C(NOCC(F)(F)F)c1cc(Cl)nc(Cl)c1. The fourth-order valence-electron chi connectivity index (χ4n) is 0.838. The molecule has 0 bridgehead atoms. The van der Waals surface area contributed by atoms with E-state index in [1.54, 1.807) is 5.48 Å². The summed E-state index contributed by atoms with van der Waals surface area (Å²) in [7, 11) is 0. The largest absolute Gasteiger partial charge is 0.414 e. The van der Waals surface area contributed by atoms with Gasteiger partial charge in [0.2, 0.25) is 0 Å². The van der Waals surface area contributed by atoms with Gasteiger partial charge in [-0.1, -0.05) is 23.2 Å². The normalized spacial score (nSPS) is 11.4. The third-order valence-electron chi connectivity index (χ3n) is 1.43. The standard InChI is InChI=1S/C8H5Cl2F3N2O2/c9-5-1-4(2-6(10)14-5)7(16)15-17-3-8(11,12)13/h1-2H,3H2,(H,15,16). The van der Waals surface area contributed by atoms with E-state index in [2.05, 4.69) is 9.82 Å². The highest BCUT2D eigenvalue weighted by Crippen LogP contribution is 2.15. The molecule has 0 fully saturated rings. The van der Waals surface area contributed by atoms with E-state index in [0.717, 1.165) is 12.1 Å². The molecule has 1 aromatic rings. The van der Waals surface area contributed by atoms with Crippen molar-refractivity contribution in [3.05, 3.63) is 28.0 Å². The molecular weight excluding hydrogens is 284 g/mol. The minimum atomic E-state index is -4.53. The summed E-state index contributed by atoms with van der Waals surface area (Å²) in [4.78, 5) is 18.8. The van der Waals surface area contributed by atoms with E-state index in [0.29, 0.717) is 0 Å². The first-order chi connectivity index (χ1) is 7.78. The van der Waals surface area contributed by atoms with Crippen molar-refractivity contribution in [2.75, 3.05) is 6.61 Å². The number of hydrogen-bond donors (Lipinski definition) is 1. The third-order valence-corrected chi connectivity index (χ3v) is 1.81. The topological polar surface area (TPSA) is 51.2 Å². The zero-order valence-electron chi connectivity index (χ0n) is 8.02. The summed E-state index contributed by atoms with van der Waals surface area (Å²) in [5, 5.41) is -0.114. The average molecular weight is 289 g/mol. The second kappa shape index (κ2) is 5.52. The minimum absolute atomic E-state index is 0.0570. The van der Waals surface area contributed by atoms with E-state index in [1.165, 1.54) is 0 Å². The summed E-state index contributed by atoms with van der Waals surface area (Å²) in [5.74, 6) is -0.902. The van der Waals surface area contributed by atoms with Gasteiger partial charge in [0.1, 0.15) is 10.3 Å². The van der Waals surface area contributed by atoms with Crippen molar-refractivity contribution in [3.8, 4) is 0 Å². The lowest BCUT2D eigenvalue weighted by Crippen LogP contribution is -2.29. The summed E-state index contributed by atoms with van der Waals surface area (Å²) in [6, 6.07) is 2.28. The van der Waals surface area contributed by atoms with Gasteiger partial charge in [-0.3, -0.25) is 9.63 Å². The number of carbonyl (C=O) groups is 1. The van der Waals surface area contributed by atoms with E-state index >= 15 is 0 Å². The molecule has 1 N–H and O–H groups in total. The number of nitrogens with one attached hydrogen (secondary N) is 1. The zero-order chi connectivity index (χ0) is 13.1. The first-order valence-electron chi connectivity index (χ1n) is 4.10. The van der Waals surface area contributed by atoms with Crippen molar-refractivity contribution < 1.29 is 22.8 Å². The van der Waals surface area contributed by atoms with E-state index in [9.17, 15) is 18.0 Å². The molecule has 0 saturated carbocycles. The number of hydroxylamine groups is 1. The molecule has 1 rings (SSSR count). The Bertz CT molecular complexity index is 405. The van der Waals surface area contributed by atoms with Crippen molar-refractivity contribution in [1.82, 2.24) is 10.5 Å². The van der Waals surface area contributed by atoms with Crippen LogP contribution in [0.1, 0.15) is 10.4 Å². The summed E-state index contributed by atoms with van der Waals surface area (Å²) in [6.07, 6.45) is -4.53. The Hall–Kier alpha value is -1.05. The minimum Gasteiger partial charge on any atom is -0.267 e. The van der Waals surface area contributed by atoms with Crippen molar-refractivity contribution in [1.29, 1.82) is 0 Å². The number of carbonyl (C=O) groups excluding carboxylic acids is 1. The fraction of sp³-hybridized carbons (Fsp3) is 0.250. The number of halogens is 5. The maximum atomic E-state index is 11.7. The van der Waals surface area contributed by atoms with Crippen molar-refractivity contribution >= 4 is 29.1 Å². The van der Waals surface area contributed by atoms with Gasteiger partial charge in [0.25, 0.3) is 5.91 Å². The van der Waals surface area contributed by atoms with Crippen LogP contribution in [0.4, 0.5) is 13.2 Å². The van der Waals surface area contributed by atoms with Gasteiger partial charge >= 0.3 is 6.18 Å². The summed E-state index contributed by atoms with van der Waals surface area (Å²) < 4.78 is 35.1. The lowest BCUT2D eigenvalue weighted by molar-refractivity contribution is -0.184. The number of hydrogen-bond acceptors (Lipinski definition) is 3. The molecule has 0 radical (unpaired) electrons. The Kier molecular flexibility index (Phi) is 4.55. The van der Waals surface area contributed by atoms with Gasteiger partial charge in [0.05, 0.1) is 0 Å². The van der Waals surface area contributed by atoms with Crippen LogP contribution < -0.4 is 5.48 Å². The average Bonchev–Trinajstić information content (AvgIpc) is 2.13. The maximum absolute atomic E-state index is 11.7. The molecular formula is C8H5Cl2F3N2O2. The number of amides is 1. The molecule has 1 heterocycles. The number of rotatable bonds is 3. The Labute approximate surface area is 104 Å². The van der Waals surface area contributed by atoms with Gasteiger partial charge in [-0.2, -0.15) is 13.2 Å². The zero-order valence-corrected chi connectivity index (χ0v) is 9.53. The molecule has 0 aliphatic carbocycles. The lowest BCUT2D eigenvalue weighted by Gasteiger charge is -2.08. The molecule has 9 heteroatoms. The summed E-state index contributed by atoms with van der Waals surface area (Å²) >= 11 is 11.0. The predicted octanol–water partition coefficient (Wildman–Crippen LogP) is 2.61. The van der Waals surface area contributed by atoms with E-state index in [1.807, 2.05) is 0 Å². The predicted molar refractivity (Wildman–Crippen MR) is 53.7 cm³/mol. The van der Waals surface area contributed by atoms with Crippen LogP contribution >= 0.6 is 23.2 Å². The van der Waals surface area contributed by atoms with Crippen LogP contribution in [0.15, 0.2) is 12.1 Å². The van der Waals surface area contributed by atoms with Gasteiger partial charge in [-0.05, 0) is 12.1 Å². The van der Waals surface area contributed by atoms with Crippen LogP contribution in [0.2, 0.25) is 10.3 Å². The van der Waals surface area contributed by atoms with E-state index in [4.69, 9.17) is 23.2 Å². The Morgan fingerprint density at radius 1 is 1.35 bits per heavy atom. The second-order valence-electron chi connectivity index (χ2n) is 2.84. The fourth-order valence-corrected chi connectivity index (χ4v) is 1.30. The van der Waals surface area contributed by atoms with Gasteiger partial charge in [0, 0.05) is 5.56 Å². The number of pyridine rings is 1. The van der Waals surface area contributed by atoms with Gasteiger partial charge in [-0.15, -0.1) is 0 Å². The Balaban J connectivity index is 2.58. The van der Waals surface area contributed by atoms with Crippen molar-refractivity contribution in [2.24, 2.45) is 0 Å². The molecule has 0 unspecified atom stereocenters. The van der Waals surface area contributed by atoms with Crippen LogP contribution in [-0.2, 0) is 4.84 Å². The Morgan fingerprint density at radius 2 is 1.88 bits per heavy atom. The van der Waals surface area contributed by atoms with Crippen LogP contribution in [0.5, 0.6) is 0 Å². The molecule has 0 spiro atoms. The second-order valence-corrected chi connectivity index (χ2v) is 3.61. The summed E-state index contributed by atoms with van der Waals surface area (Å²) in [5.41, 5.74) is 1.55. The van der Waals surface area contributed by atoms with Gasteiger partial charge in [-0.25, -0.2) is 10.5 Å². The van der Waals surface area contributed by atoms with Crippen LogP contribution in [0.3, 0.4) is 0 Å².